The van der Waals surface area contributed by atoms with Crippen LogP contribution < -0.4 is 10.5 Å². The van der Waals surface area contributed by atoms with E-state index >= 15 is 0 Å². The van der Waals surface area contributed by atoms with E-state index in [4.69, 9.17) is 15.2 Å². The topological polar surface area (TPSA) is 163 Å². The van der Waals surface area contributed by atoms with E-state index in [2.05, 4.69) is 29.9 Å². The van der Waals surface area contributed by atoms with Gasteiger partial charge in [0.25, 0.3) is 6.29 Å². The first-order valence-corrected chi connectivity index (χ1v) is 13.1. The quantitative estimate of drug-likeness (QED) is 0.302. The zero-order chi connectivity index (χ0) is 24.4. The van der Waals surface area contributed by atoms with E-state index in [-0.39, 0.29) is 18.1 Å². The summed E-state index contributed by atoms with van der Waals surface area (Å²) in [6, 6.07) is 9.56. The molecule has 0 radical (unpaired) electrons. The van der Waals surface area contributed by atoms with Crippen molar-refractivity contribution in [2.75, 3.05) is 18.0 Å². The number of sulfonamides is 1. The van der Waals surface area contributed by atoms with Gasteiger partial charge >= 0.3 is 0 Å². The predicted molar refractivity (Wildman–Crippen MR) is 130 cm³/mol. The Morgan fingerprint density at radius 1 is 1.26 bits per heavy atom. The van der Waals surface area contributed by atoms with Gasteiger partial charge in [-0.3, -0.25) is 5.10 Å². The smallest absolute Gasteiger partial charge is 0.268 e. The lowest BCUT2D eigenvalue weighted by Crippen LogP contribution is -2.28. The minimum Gasteiger partial charge on any atom is -0.454 e. The van der Waals surface area contributed by atoms with E-state index in [1.54, 1.807) is 17.7 Å². The number of fused-ring (bicyclic) bond motifs is 1. The van der Waals surface area contributed by atoms with E-state index in [1.165, 1.54) is 24.4 Å². The molecule has 1 aliphatic heterocycles. The number of nitrogen functional groups attached to an aromatic ring is 1. The number of nitrogens with zero attached hydrogens (tertiary/aromatic N) is 5. The van der Waals surface area contributed by atoms with Gasteiger partial charge in [-0.1, -0.05) is 31.2 Å². The number of nitrogens with one attached hydrogen (secondary N) is 2. The van der Waals surface area contributed by atoms with E-state index in [0.29, 0.717) is 28.0 Å². The number of aryl methyl sites for hydroxylation is 1. The van der Waals surface area contributed by atoms with Crippen molar-refractivity contribution in [3.8, 4) is 11.3 Å². The second-order valence-corrected chi connectivity index (χ2v) is 10.4. The Morgan fingerprint density at radius 3 is 2.91 bits per heavy atom. The molecule has 1 atom stereocenters. The molecule has 3 aromatic heterocycles. The van der Waals surface area contributed by atoms with Gasteiger partial charge in [0, 0.05) is 30.4 Å². The lowest BCUT2D eigenvalue weighted by Gasteiger charge is -2.15. The zero-order valence-corrected chi connectivity index (χ0v) is 20.2. The summed E-state index contributed by atoms with van der Waals surface area (Å²) in [5, 5.41) is 7.88. The maximum absolute atomic E-state index is 12.2. The van der Waals surface area contributed by atoms with E-state index in [1.807, 2.05) is 30.3 Å². The Hall–Kier alpha value is -3.62. The molecule has 0 amide bonds. The lowest BCUT2D eigenvalue weighted by atomic mass is 10.0. The summed E-state index contributed by atoms with van der Waals surface area (Å²) < 4.78 is 40.5. The molecule has 14 heteroatoms. The summed E-state index contributed by atoms with van der Waals surface area (Å²) >= 11 is 1.18. The standard InChI is InChI=1S/C21H22N8O4S2/c1-2-26-35(30,31)10-9-29-19-17(18(22)23-12-24-19)27-21(29)34-16-11-32-20(33-16)14-6-4-3-5-13(14)15-7-8-25-28-15/h3-8,11-12,20,26H,2,9-10H2,1H3,(H,25,28)(H2,22,23,24). The number of nitrogens with two attached hydrogens (primary N) is 1. The molecule has 1 aromatic carbocycles. The second-order valence-electron chi connectivity index (χ2n) is 7.48. The summed E-state index contributed by atoms with van der Waals surface area (Å²) in [5.41, 5.74) is 9.38. The molecule has 0 fully saturated rings. The van der Waals surface area contributed by atoms with Crippen LogP contribution in [0.15, 0.2) is 59.4 Å². The van der Waals surface area contributed by atoms with E-state index in [9.17, 15) is 8.42 Å². The molecule has 4 aromatic rings. The molecule has 5 rings (SSSR count). The van der Waals surface area contributed by atoms with Crippen molar-refractivity contribution < 1.29 is 17.9 Å². The van der Waals surface area contributed by atoms with Gasteiger partial charge in [0.15, 0.2) is 22.1 Å². The number of H-pyrrole nitrogens is 1. The van der Waals surface area contributed by atoms with E-state index < -0.39 is 16.3 Å². The molecule has 4 N–H and O–H groups in total. The first-order chi connectivity index (χ1) is 16.9. The van der Waals surface area contributed by atoms with Crippen molar-refractivity contribution in [2.45, 2.75) is 24.9 Å². The maximum atomic E-state index is 12.2. The number of thioether (sulfide) groups is 1. The highest BCUT2D eigenvalue weighted by Gasteiger charge is 2.27. The number of hydrogen-bond acceptors (Lipinski definition) is 10. The SMILES string of the molecule is CCNS(=O)(=O)CCn1c(SC2=COC(c3ccccc3-c3ccn[nH]3)O2)nc2c(N)ncnc21. The Morgan fingerprint density at radius 2 is 2.11 bits per heavy atom. The highest BCUT2D eigenvalue weighted by atomic mass is 32.2. The third kappa shape index (κ3) is 4.80. The van der Waals surface area contributed by atoms with E-state index in [0.717, 1.165) is 16.8 Å². The number of benzene rings is 1. The molecule has 1 aliphatic rings. The fourth-order valence-electron chi connectivity index (χ4n) is 3.62. The Bertz CT molecular complexity index is 1480. The van der Waals surface area contributed by atoms with Crippen LogP contribution >= 0.6 is 11.8 Å². The number of imidazole rings is 1. The number of aromatic nitrogens is 6. The molecular formula is C21H22N8O4S2. The van der Waals surface area contributed by atoms with Crippen LogP contribution in [-0.4, -0.2) is 50.4 Å². The molecular weight excluding hydrogens is 492 g/mol. The Kier molecular flexibility index (Phi) is 6.32. The van der Waals surface area contributed by atoms with Crippen LogP contribution in [0.3, 0.4) is 0 Å². The monoisotopic (exact) mass is 514 g/mol. The van der Waals surface area contributed by atoms with Crippen molar-refractivity contribution >= 4 is 38.8 Å². The number of aromatic amines is 1. The van der Waals surface area contributed by atoms with Gasteiger partial charge in [0.05, 0.1) is 11.4 Å². The summed E-state index contributed by atoms with van der Waals surface area (Å²) in [7, 11) is -3.46. The largest absolute Gasteiger partial charge is 0.454 e. The first kappa shape index (κ1) is 23.1. The third-order valence-corrected chi connectivity index (χ3v) is 7.52. The molecule has 4 heterocycles. The lowest BCUT2D eigenvalue weighted by molar-refractivity contribution is -0.0269. The van der Waals surface area contributed by atoms with Crippen molar-refractivity contribution in [3.63, 3.8) is 0 Å². The number of anilines is 1. The second kappa shape index (κ2) is 9.56. The molecule has 0 spiro atoms. The normalized spacial score (nSPS) is 15.7. The average molecular weight is 515 g/mol. The van der Waals surface area contributed by atoms with Crippen LogP contribution in [0, 0.1) is 0 Å². The maximum Gasteiger partial charge on any atom is 0.268 e. The van der Waals surface area contributed by atoms with Gasteiger partial charge in [-0.15, -0.1) is 0 Å². The minimum absolute atomic E-state index is 0.116. The van der Waals surface area contributed by atoms with Crippen LogP contribution in [0.5, 0.6) is 0 Å². The highest BCUT2D eigenvalue weighted by molar-refractivity contribution is 8.02. The molecule has 0 saturated carbocycles. The van der Waals surface area contributed by atoms with Crippen LogP contribution in [0.25, 0.3) is 22.4 Å². The number of hydrogen-bond donors (Lipinski definition) is 3. The van der Waals surface area contributed by atoms with Gasteiger partial charge in [0.2, 0.25) is 15.1 Å². The van der Waals surface area contributed by atoms with Crippen LogP contribution in [0.4, 0.5) is 5.82 Å². The fraction of sp³-hybridized carbons (Fsp3) is 0.238. The third-order valence-electron chi connectivity index (χ3n) is 5.18. The number of rotatable bonds is 9. The minimum atomic E-state index is -3.46. The molecule has 182 valence electrons. The molecule has 1 unspecified atom stereocenters. The molecule has 12 nitrogen and oxygen atoms in total. The molecule has 0 aliphatic carbocycles. The van der Waals surface area contributed by atoms with Crippen molar-refractivity contribution in [2.24, 2.45) is 0 Å². The summed E-state index contributed by atoms with van der Waals surface area (Å²) in [4.78, 5) is 12.8. The number of ether oxygens (including phenoxy) is 2. The van der Waals surface area contributed by atoms with Gasteiger partial charge in [-0.2, -0.15) is 5.10 Å². The zero-order valence-electron chi connectivity index (χ0n) is 18.6. The Labute approximate surface area is 205 Å². The van der Waals surface area contributed by atoms with Crippen molar-refractivity contribution in [1.29, 1.82) is 0 Å². The van der Waals surface area contributed by atoms with Gasteiger partial charge in [-0.05, 0) is 17.8 Å². The average Bonchev–Trinajstić information content (AvgIpc) is 3.59. The molecule has 0 bridgehead atoms. The molecule has 35 heavy (non-hydrogen) atoms. The van der Waals surface area contributed by atoms with Crippen molar-refractivity contribution in [1.82, 2.24) is 34.4 Å². The Balaban J connectivity index is 1.39. The first-order valence-electron chi connectivity index (χ1n) is 10.7. The van der Waals surface area contributed by atoms with Crippen LogP contribution in [0.1, 0.15) is 18.8 Å². The van der Waals surface area contributed by atoms with Crippen molar-refractivity contribution in [3.05, 3.63) is 59.8 Å². The summed E-state index contributed by atoms with van der Waals surface area (Å²) in [5.74, 6) is 0.0504. The van der Waals surface area contributed by atoms with Crippen LogP contribution in [-0.2, 0) is 26.0 Å². The van der Waals surface area contributed by atoms with Crippen LogP contribution in [0.2, 0.25) is 0 Å². The fourth-order valence-corrected chi connectivity index (χ4v) is 5.48. The summed E-state index contributed by atoms with van der Waals surface area (Å²) in [6.07, 6.45) is 3.83. The highest BCUT2D eigenvalue weighted by Crippen LogP contribution is 2.40. The van der Waals surface area contributed by atoms with Gasteiger partial charge < -0.3 is 19.8 Å². The van der Waals surface area contributed by atoms with Gasteiger partial charge in [-0.25, -0.2) is 28.1 Å². The summed E-state index contributed by atoms with van der Waals surface area (Å²) in [6.45, 7) is 2.15. The molecule has 0 saturated heterocycles. The van der Waals surface area contributed by atoms with Gasteiger partial charge in [0.1, 0.15) is 12.6 Å². The predicted octanol–water partition coefficient (Wildman–Crippen LogP) is 2.37.